The van der Waals surface area contributed by atoms with Gasteiger partial charge >= 0.3 is 5.97 Å². The van der Waals surface area contributed by atoms with Gasteiger partial charge in [-0.3, -0.25) is 14.4 Å². The Kier molecular flexibility index (Phi) is 4.02. The van der Waals surface area contributed by atoms with E-state index < -0.39 is 46.5 Å². The van der Waals surface area contributed by atoms with Crippen LogP contribution in [0.3, 0.4) is 0 Å². The van der Waals surface area contributed by atoms with Crippen molar-refractivity contribution < 1.29 is 27.9 Å². The zero-order chi connectivity index (χ0) is 15.7. The van der Waals surface area contributed by atoms with Gasteiger partial charge in [-0.05, 0) is 26.0 Å². The standard InChI is InChI=1S/C14H13F2NO4/c1-3-17-11-8(16)6-5-7(15)9(11)12(18)10(13(17)19)14(20)21-4-2/h5-6,10H,3-4H2,1-2H3. The van der Waals surface area contributed by atoms with E-state index in [0.29, 0.717) is 0 Å². The summed E-state index contributed by atoms with van der Waals surface area (Å²) in [5, 5.41) is 0. The number of nitrogens with zero attached hydrogens (tertiary/aromatic N) is 1. The van der Waals surface area contributed by atoms with Crippen LogP contribution in [0.15, 0.2) is 12.1 Å². The molecule has 7 heteroatoms. The summed E-state index contributed by atoms with van der Waals surface area (Å²) in [5.74, 6) is -6.68. The summed E-state index contributed by atoms with van der Waals surface area (Å²) in [5.41, 5.74) is -1.01. The molecule has 0 aliphatic carbocycles. The summed E-state index contributed by atoms with van der Waals surface area (Å²) < 4.78 is 32.4. The molecule has 0 saturated heterocycles. The fourth-order valence-electron chi connectivity index (χ4n) is 2.31. The molecule has 1 unspecified atom stereocenters. The summed E-state index contributed by atoms with van der Waals surface area (Å²) in [6, 6.07) is 1.62. The number of amides is 1. The summed E-state index contributed by atoms with van der Waals surface area (Å²) >= 11 is 0. The lowest BCUT2D eigenvalue weighted by Crippen LogP contribution is -2.49. The molecule has 0 radical (unpaired) electrons. The molecule has 0 N–H and O–H groups in total. The number of hydrogen-bond acceptors (Lipinski definition) is 4. The van der Waals surface area contributed by atoms with Crippen molar-refractivity contribution in [1.82, 2.24) is 0 Å². The second-order valence-electron chi connectivity index (χ2n) is 4.38. The van der Waals surface area contributed by atoms with Crippen molar-refractivity contribution in [3.63, 3.8) is 0 Å². The van der Waals surface area contributed by atoms with Gasteiger partial charge in [-0.25, -0.2) is 8.78 Å². The Balaban J connectivity index is 2.64. The average Bonchev–Trinajstić information content (AvgIpc) is 2.43. The van der Waals surface area contributed by atoms with Crippen LogP contribution in [0.2, 0.25) is 0 Å². The molecular formula is C14H13F2NO4. The summed E-state index contributed by atoms with van der Waals surface area (Å²) in [4.78, 5) is 37.1. The van der Waals surface area contributed by atoms with E-state index in [1.807, 2.05) is 0 Å². The van der Waals surface area contributed by atoms with Gasteiger partial charge in [0, 0.05) is 6.54 Å². The molecule has 0 saturated carbocycles. The molecule has 1 aliphatic heterocycles. The van der Waals surface area contributed by atoms with Crippen molar-refractivity contribution in [1.29, 1.82) is 0 Å². The van der Waals surface area contributed by atoms with Crippen molar-refractivity contribution in [2.24, 2.45) is 5.92 Å². The van der Waals surface area contributed by atoms with Gasteiger partial charge in [-0.1, -0.05) is 0 Å². The quantitative estimate of drug-likeness (QED) is 0.629. The molecule has 21 heavy (non-hydrogen) atoms. The number of carbonyl (C=O) groups excluding carboxylic acids is 3. The maximum atomic E-state index is 13.9. The van der Waals surface area contributed by atoms with Gasteiger partial charge in [-0.2, -0.15) is 0 Å². The van der Waals surface area contributed by atoms with Crippen LogP contribution in [0.5, 0.6) is 0 Å². The molecule has 0 bridgehead atoms. The van der Waals surface area contributed by atoms with Crippen molar-refractivity contribution >= 4 is 23.3 Å². The van der Waals surface area contributed by atoms with Crippen molar-refractivity contribution in [3.8, 4) is 0 Å². The highest BCUT2D eigenvalue weighted by Crippen LogP contribution is 2.35. The molecule has 1 aliphatic rings. The monoisotopic (exact) mass is 297 g/mol. The van der Waals surface area contributed by atoms with Crippen molar-refractivity contribution in [2.45, 2.75) is 13.8 Å². The number of anilines is 1. The Morgan fingerprint density at radius 2 is 1.86 bits per heavy atom. The van der Waals surface area contributed by atoms with Crippen LogP contribution < -0.4 is 4.90 Å². The molecule has 1 atom stereocenters. The number of ether oxygens (including phenoxy) is 1. The van der Waals surface area contributed by atoms with E-state index in [-0.39, 0.29) is 13.2 Å². The third-order valence-electron chi connectivity index (χ3n) is 3.21. The number of esters is 1. The minimum atomic E-state index is -1.78. The first-order valence-corrected chi connectivity index (χ1v) is 6.44. The smallest absolute Gasteiger partial charge is 0.326 e. The lowest BCUT2D eigenvalue weighted by atomic mass is 9.89. The molecule has 2 rings (SSSR count). The number of carbonyl (C=O) groups is 3. The molecule has 1 heterocycles. The average molecular weight is 297 g/mol. The van der Waals surface area contributed by atoms with Crippen molar-refractivity contribution in [3.05, 3.63) is 29.3 Å². The maximum Gasteiger partial charge on any atom is 0.326 e. The minimum absolute atomic E-state index is 0.00457. The van der Waals surface area contributed by atoms with Crippen LogP contribution in [0.25, 0.3) is 0 Å². The number of ketones is 1. The minimum Gasteiger partial charge on any atom is -0.465 e. The molecule has 0 fully saturated rings. The molecule has 0 spiro atoms. The number of fused-ring (bicyclic) bond motifs is 1. The maximum absolute atomic E-state index is 13.9. The van der Waals surface area contributed by atoms with Gasteiger partial charge in [0.25, 0.3) is 0 Å². The Morgan fingerprint density at radius 3 is 2.43 bits per heavy atom. The zero-order valence-corrected chi connectivity index (χ0v) is 11.5. The van der Waals surface area contributed by atoms with Gasteiger partial charge in [0.2, 0.25) is 5.91 Å². The van der Waals surface area contributed by atoms with Crippen LogP contribution in [0.4, 0.5) is 14.5 Å². The van der Waals surface area contributed by atoms with Gasteiger partial charge in [0.15, 0.2) is 11.7 Å². The molecule has 1 aromatic rings. The van der Waals surface area contributed by atoms with E-state index >= 15 is 0 Å². The largest absolute Gasteiger partial charge is 0.465 e. The first kappa shape index (κ1) is 15.1. The van der Waals surface area contributed by atoms with E-state index in [1.165, 1.54) is 13.8 Å². The Bertz CT molecular complexity index is 630. The van der Waals surface area contributed by atoms with E-state index in [4.69, 9.17) is 0 Å². The Labute approximate surface area is 119 Å². The fourth-order valence-corrected chi connectivity index (χ4v) is 2.31. The molecule has 112 valence electrons. The molecule has 1 aromatic carbocycles. The Morgan fingerprint density at radius 1 is 1.24 bits per heavy atom. The fraction of sp³-hybridized carbons (Fsp3) is 0.357. The van der Waals surface area contributed by atoms with E-state index in [9.17, 15) is 23.2 Å². The predicted molar refractivity (Wildman–Crippen MR) is 68.8 cm³/mol. The summed E-state index contributed by atoms with van der Waals surface area (Å²) in [6.45, 7) is 3.02. The number of hydrogen-bond donors (Lipinski definition) is 0. The SMILES string of the molecule is CCOC(=O)C1C(=O)c2c(F)ccc(F)c2N(CC)C1=O. The molecule has 1 amide bonds. The highest BCUT2D eigenvalue weighted by molar-refractivity contribution is 6.30. The zero-order valence-electron chi connectivity index (χ0n) is 11.5. The van der Waals surface area contributed by atoms with Gasteiger partial charge in [0.1, 0.15) is 11.6 Å². The van der Waals surface area contributed by atoms with Crippen LogP contribution >= 0.6 is 0 Å². The highest BCUT2D eigenvalue weighted by atomic mass is 19.1. The number of benzene rings is 1. The van der Waals surface area contributed by atoms with E-state index in [2.05, 4.69) is 4.74 Å². The third kappa shape index (κ3) is 2.28. The Hall–Kier alpha value is -2.31. The predicted octanol–water partition coefficient (Wildman–Crippen LogP) is 1.69. The van der Waals surface area contributed by atoms with Crippen molar-refractivity contribution in [2.75, 3.05) is 18.1 Å². The lowest BCUT2D eigenvalue weighted by molar-refractivity contribution is -0.149. The topological polar surface area (TPSA) is 63.7 Å². The molecule has 5 nitrogen and oxygen atoms in total. The number of Topliss-reactive ketones (excluding diaryl/α,β-unsaturated/α-hetero) is 1. The van der Waals surface area contributed by atoms with Gasteiger partial charge in [0.05, 0.1) is 17.9 Å². The first-order valence-electron chi connectivity index (χ1n) is 6.44. The van der Waals surface area contributed by atoms with E-state index in [1.54, 1.807) is 0 Å². The second-order valence-corrected chi connectivity index (χ2v) is 4.38. The van der Waals surface area contributed by atoms with Gasteiger partial charge in [-0.15, -0.1) is 0 Å². The normalized spacial score (nSPS) is 17.7. The second kappa shape index (κ2) is 5.59. The van der Waals surface area contributed by atoms with E-state index in [0.717, 1.165) is 17.0 Å². The van der Waals surface area contributed by atoms with Crippen LogP contribution in [-0.2, 0) is 14.3 Å². The first-order chi connectivity index (χ1) is 9.93. The molecular weight excluding hydrogens is 284 g/mol. The van der Waals surface area contributed by atoms with Crippen LogP contribution in [0.1, 0.15) is 24.2 Å². The number of rotatable bonds is 3. The molecule has 0 aromatic heterocycles. The number of halogens is 2. The third-order valence-corrected chi connectivity index (χ3v) is 3.21. The lowest BCUT2D eigenvalue weighted by Gasteiger charge is -2.31. The van der Waals surface area contributed by atoms with Crippen LogP contribution in [-0.4, -0.2) is 30.8 Å². The highest BCUT2D eigenvalue weighted by Gasteiger charge is 2.46. The summed E-state index contributed by atoms with van der Waals surface area (Å²) in [7, 11) is 0. The van der Waals surface area contributed by atoms with Gasteiger partial charge < -0.3 is 9.64 Å². The van der Waals surface area contributed by atoms with Crippen LogP contribution in [0, 0.1) is 17.6 Å². The summed E-state index contributed by atoms with van der Waals surface area (Å²) in [6.07, 6.45) is 0.